The molecule has 1 atom stereocenters. The van der Waals surface area contributed by atoms with E-state index in [2.05, 4.69) is 10.0 Å². The van der Waals surface area contributed by atoms with Crippen molar-refractivity contribution in [2.45, 2.75) is 76.1 Å². The third kappa shape index (κ3) is 5.39. The number of unbranched alkanes of at least 4 members (excludes halogenated alkanes) is 4. The standard InChI is InChI=1S/C14H25N3O2/c15-17-16-11-5-3-1-2-4-8-14(9-10-14)19-13-7-6-12-18-13/h13H,1-12H2. The van der Waals surface area contributed by atoms with Gasteiger partial charge in [-0.3, -0.25) is 0 Å². The van der Waals surface area contributed by atoms with Crippen molar-refractivity contribution in [1.82, 2.24) is 0 Å². The molecule has 1 aliphatic heterocycles. The molecule has 19 heavy (non-hydrogen) atoms. The Hall–Kier alpha value is -0.770. The van der Waals surface area contributed by atoms with E-state index in [1.807, 2.05) is 0 Å². The average Bonchev–Trinajstić information content (AvgIpc) is 2.97. The molecule has 0 aromatic rings. The number of hydrogen-bond donors (Lipinski definition) is 0. The summed E-state index contributed by atoms with van der Waals surface area (Å²) in [5, 5.41) is 3.54. The molecule has 2 rings (SSSR count). The van der Waals surface area contributed by atoms with Gasteiger partial charge in [-0.2, -0.15) is 0 Å². The molecule has 0 bridgehead atoms. The molecule has 5 nitrogen and oxygen atoms in total. The molecule has 1 saturated carbocycles. The highest BCUT2D eigenvalue weighted by Crippen LogP contribution is 2.45. The summed E-state index contributed by atoms with van der Waals surface area (Å²) in [5.74, 6) is 0. The topological polar surface area (TPSA) is 67.2 Å². The Morgan fingerprint density at radius 2 is 2.00 bits per heavy atom. The average molecular weight is 267 g/mol. The van der Waals surface area contributed by atoms with Crippen LogP contribution in [-0.4, -0.2) is 25.0 Å². The Balaban J connectivity index is 1.47. The second kappa shape index (κ2) is 7.73. The number of hydrogen-bond acceptors (Lipinski definition) is 3. The summed E-state index contributed by atoms with van der Waals surface area (Å²) in [4.78, 5) is 2.76. The van der Waals surface area contributed by atoms with Crippen LogP contribution in [0.5, 0.6) is 0 Å². The fourth-order valence-electron chi connectivity index (χ4n) is 2.69. The lowest BCUT2D eigenvalue weighted by Gasteiger charge is -2.20. The first-order chi connectivity index (χ1) is 9.35. The molecule has 0 spiro atoms. The first-order valence-corrected chi connectivity index (χ1v) is 7.65. The van der Waals surface area contributed by atoms with Gasteiger partial charge in [0.2, 0.25) is 0 Å². The van der Waals surface area contributed by atoms with E-state index in [9.17, 15) is 0 Å². The van der Waals surface area contributed by atoms with Crippen LogP contribution < -0.4 is 0 Å². The van der Waals surface area contributed by atoms with E-state index in [1.165, 1.54) is 44.9 Å². The Morgan fingerprint density at radius 1 is 1.21 bits per heavy atom. The Kier molecular flexibility index (Phi) is 5.95. The lowest BCUT2D eigenvalue weighted by Crippen LogP contribution is -2.22. The van der Waals surface area contributed by atoms with Crippen LogP contribution in [0.15, 0.2) is 5.11 Å². The maximum absolute atomic E-state index is 8.15. The van der Waals surface area contributed by atoms with Crippen molar-refractivity contribution in [3.05, 3.63) is 10.4 Å². The molecule has 0 amide bonds. The maximum Gasteiger partial charge on any atom is 0.158 e. The molecule has 1 aliphatic carbocycles. The van der Waals surface area contributed by atoms with Gasteiger partial charge in [-0.15, -0.1) is 0 Å². The van der Waals surface area contributed by atoms with Gasteiger partial charge in [0, 0.05) is 24.5 Å². The van der Waals surface area contributed by atoms with Crippen LogP contribution in [0.3, 0.4) is 0 Å². The number of azide groups is 1. The second-order valence-corrected chi connectivity index (χ2v) is 5.72. The largest absolute Gasteiger partial charge is 0.353 e. The van der Waals surface area contributed by atoms with E-state index in [4.69, 9.17) is 15.0 Å². The second-order valence-electron chi connectivity index (χ2n) is 5.72. The molecule has 1 unspecified atom stereocenters. The summed E-state index contributed by atoms with van der Waals surface area (Å²) in [6, 6.07) is 0. The summed E-state index contributed by atoms with van der Waals surface area (Å²) in [6.45, 7) is 1.51. The summed E-state index contributed by atoms with van der Waals surface area (Å²) in [5.41, 5.74) is 8.32. The third-order valence-corrected chi connectivity index (χ3v) is 4.03. The highest BCUT2D eigenvalue weighted by molar-refractivity contribution is 4.96. The molecule has 0 aromatic carbocycles. The van der Waals surface area contributed by atoms with Crippen LogP contribution in [0.25, 0.3) is 10.4 Å². The SMILES string of the molecule is [N-]=[N+]=NCCCCCCCC1(OC2CCCO2)CC1. The predicted octanol–water partition coefficient (Wildman–Crippen LogP) is 4.32. The fourth-order valence-corrected chi connectivity index (χ4v) is 2.69. The van der Waals surface area contributed by atoms with Crippen LogP contribution in [0.1, 0.15) is 64.2 Å². The first kappa shape index (κ1) is 14.6. The van der Waals surface area contributed by atoms with E-state index >= 15 is 0 Å². The smallest absolute Gasteiger partial charge is 0.158 e. The molecular weight excluding hydrogens is 242 g/mol. The quantitative estimate of drug-likeness (QED) is 0.256. The molecule has 1 heterocycles. The fraction of sp³-hybridized carbons (Fsp3) is 1.00. The zero-order valence-corrected chi connectivity index (χ0v) is 11.7. The van der Waals surface area contributed by atoms with Gasteiger partial charge in [0.1, 0.15) is 0 Å². The third-order valence-electron chi connectivity index (χ3n) is 4.03. The number of nitrogens with zero attached hydrogens (tertiary/aromatic N) is 3. The van der Waals surface area contributed by atoms with Crippen molar-refractivity contribution < 1.29 is 9.47 Å². The van der Waals surface area contributed by atoms with Crippen LogP contribution in [-0.2, 0) is 9.47 Å². The molecule has 2 fully saturated rings. The van der Waals surface area contributed by atoms with Crippen LogP contribution in [0.4, 0.5) is 0 Å². The monoisotopic (exact) mass is 267 g/mol. The van der Waals surface area contributed by atoms with Crippen molar-refractivity contribution in [2.24, 2.45) is 5.11 Å². The van der Waals surface area contributed by atoms with Gasteiger partial charge in [-0.1, -0.05) is 30.8 Å². The zero-order chi connectivity index (χ0) is 13.4. The predicted molar refractivity (Wildman–Crippen MR) is 73.7 cm³/mol. The van der Waals surface area contributed by atoms with E-state index in [0.717, 1.165) is 25.9 Å². The minimum atomic E-state index is 0.0753. The lowest BCUT2D eigenvalue weighted by molar-refractivity contribution is -0.157. The van der Waals surface area contributed by atoms with Gasteiger partial charge < -0.3 is 9.47 Å². The van der Waals surface area contributed by atoms with Crippen molar-refractivity contribution in [1.29, 1.82) is 0 Å². The minimum Gasteiger partial charge on any atom is -0.353 e. The highest BCUT2D eigenvalue weighted by atomic mass is 16.7. The molecule has 2 aliphatic rings. The maximum atomic E-state index is 8.15. The molecule has 0 aromatic heterocycles. The van der Waals surface area contributed by atoms with Gasteiger partial charge in [-0.25, -0.2) is 0 Å². The highest BCUT2D eigenvalue weighted by Gasteiger charge is 2.45. The van der Waals surface area contributed by atoms with E-state index < -0.39 is 0 Å². The minimum absolute atomic E-state index is 0.0753. The van der Waals surface area contributed by atoms with Crippen molar-refractivity contribution in [3.8, 4) is 0 Å². The molecule has 5 heteroatoms. The van der Waals surface area contributed by atoms with Crippen LogP contribution >= 0.6 is 0 Å². The summed E-state index contributed by atoms with van der Waals surface area (Å²) in [7, 11) is 0. The molecular formula is C14H25N3O2. The summed E-state index contributed by atoms with van der Waals surface area (Å²) in [6.07, 6.45) is 11.8. The Labute approximate surface area is 115 Å². The van der Waals surface area contributed by atoms with Gasteiger partial charge in [0.25, 0.3) is 0 Å². The molecule has 1 saturated heterocycles. The van der Waals surface area contributed by atoms with Gasteiger partial charge >= 0.3 is 0 Å². The van der Waals surface area contributed by atoms with E-state index in [-0.39, 0.29) is 11.9 Å². The van der Waals surface area contributed by atoms with Crippen LogP contribution in [0.2, 0.25) is 0 Å². The normalized spacial score (nSPS) is 24.1. The summed E-state index contributed by atoms with van der Waals surface area (Å²) >= 11 is 0. The number of ether oxygens (including phenoxy) is 2. The van der Waals surface area contributed by atoms with Crippen molar-refractivity contribution in [3.63, 3.8) is 0 Å². The van der Waals surface area contributed by atoms with Gasteiger partial charge in [0.15, 0.2) is 6.29 Å². The summed E-state index contributed by atoms with van der Waals surface area (Å²) < 4.78 is 11.6. The van der Waals surface area contributed by atoms with Gasteiger partial charge in [-0.05, 0) is 37.6 Å². The lowest BCUT2D eigenvalue weighted by atomic mass is 10.1. The molecule has 0 radical (unpaired) electrons. The molecule has 0 N–H and O–H groups in total. The van der Waals surface area contributed by atoms with E-state index in [1.54, 1.807) is 0 Å². The van der Waals surface area contributed by atoms with Crippen molar-refractivity contribution >= 4 is 0 Å². The molecule has 108 valence electrons. The van der Waals surface area contributed by atoms with Crippen molar-refractivity contribution in [2.75, 3.05) is 13.2 Å². The van der Waals surface area contributed by atoms with Gasteiger partial charge in [0.05, 0.1) is 5.60 Å². The number of rotatable bonds is 10. The first-order valence-electron chi connectivity index (χ1n) is 7.65. The van der Waals surface area contributed by atoms with Crippen LogP contribution in [0, 0.1) is 0 Å². The Morgan fingerprint density at radius 3 is 2.68 bits per heavy atom. The Bertz CT molecular complexity index is 306. The zero-order valence-electron chi connectivity index (χ0n) is 11.7. The van der Waals surface area contributed by atoms with E-state index in [0.29, 0.717) is 6.54 Å².